The van der Waals surface area contributed by atoms with Crippen LogP contribution in [-0.4, -0.2) is 35.6 Å². The van der Waals surface area contributed by atoms with Crippen molar-refractivity contribution in [1.82, 2.24) is 10.2 Å². The molecule has 0 amide bonds. The molecule has 5 unspecified atom stereocenters. The first-order valence-corrected chi connectivity index (χ1v) is 9.71. The van der Waals surface area contributed by atoms with E-state index in [-0.39, 0.29) is 0 Å². The summed E-state index contributed by atoms with van der Waals surface area (Å²) in [5.74, 6) is 1.84. The Morgan fingerprint density at radius 1 is 0.952 bits per heavy atom. The van der Waals surface area contributed by atoms with Gasteiger partial charge in [-0.2, -0.15) is 0 Å². The van der Waals surface area contributed by atoms with E-state index in [9.17, 15) is 0 Å². The van der Waals surface area contributed by atoms with E-state index in [0.717, 1.165) is 36.0 Å². The Labute approximate surface area is 132 Å². The zero-order chi connectivity index (χ0) is 14.8. The predicted octanol–water partition coefficient (Wildman–Crippen LogP) is 4.20. The van der Waals surface area contributed by atoms with Crippen molar-refractivity contribution < 1.29 is 0 Å². The average molecular weight is 293 g/mol. The van der Waals surface area contributed by atoms with Crippen molar-refractivity contribution in [1.29, 1.82) is 0 Å². The minimum atomic E-state index is 0.799. The largest absolute Gasteiger partial charge is 0.314 e. The summed E-state index contributed by atoms with van der Waals surface area (Å²) in [5, 5.41) is 3.82. The molecule has 1 aliphatic carbocycles. The van der Waals surface area contributed by atoms with Gasteiger partial charge in [0.05, 0.1) is 0 Å². The predicted molar refractivity (Wildman–Crippen MR) is 90.5 cm³/mol. The first-order chi connectivity index (χ1) is 10.2. The molecule has 0 aromatic heterocycles. The van der Waals surface area contributed by atoms with Gasteiger partial charge in [-0.3, -0.25) is 4.90 Å². The molecule has 5 atom stereocenters. The Balaban J connectivity index is 1.68. The maximum atomic E-state index is 3.82. The number of nitrogens with one attached hydrogen (secondary N) is 1. The zero-order valence-electron chi connectivity index (χ0n) is 14.5. The van der Waals surface area contributed by atoms with E-state index in [0.29, 0.717) is 0 Å². The molecule has 1 saturated carbocycles. The topological polar surface area (TPSA) is 15.3 Å². The third kappa shape index (κ3) is 3.32. The summed E-state index contributed by atoms with van der Waals surface area (Å²) in [6.45, 7) is 8.52. The van der Waals surface area contributed by atoms with Gasteiger partial charge in [-0.15, -0.1) is 0 Å². The number of fused-ring (bicyclic) bond motifs is 2. The third-order valence-electron chi connectivity index (χ3n) is 6.76. The van der Waals surface area contributed by atoms with Crippen LogP contribution < -0.4 is 5.32 Å². The lowest BCUT2D eigenvalue weighted by Crippen LogP contribution is -2.61. The van der Waals surface area contributed by atoms with Crippen LogP contribution in [0.1, 0.15) is 78.6 Å². The lowest BCUT2D eigenvalue weighted by atomic mass is 9.73. The monoisotopic (exact) mass is 292 g/mol. The molecule has 2 heterocycles. The van der Waals surface area contributed by atoms with Gasteiger partial charge >= 0.3 is 0 Å². The van der Waals surface area contributed by atoms with Crippen LogP contribution in [0.3, 0.4) is 0 Å². The molecule has 0 aromatic rings. The van der Waals surface area contributed by atoms with Crippen molar-refractivity contribution in [3.05, 3.63) is 0 Å². The van der Waals surface area contributed by atoms with E-state index >= 15 is 0 Å². The van der Waals surface area contributed by atoms with E-state index in [1.165, 1.54) is 64.3 Å². The molecule has 2 saturated heterocycles. The maximum Gasteiger partial charge on any atom is 0.0129 e. The first-order valence-electron chi connectivity index (χ1n) is 9.71. The molecule has 122 valence electrons. The molecule has 2 aliphatic heterocycles. The van der Waals surface area contributed by atoms with Gasteiger partial charge in [0.2, 0.25) is 0 Å². The number of nitrogens with zero attached hydrogens (tertiary/aromatic N) is 1. The van der Waals surface area contributed by atoms with E-state index < -0.39 is 0 Å². The number of rotatable bonds is 4. The van der Waals surface area contributed by atoms with E-state index in [1.807, 2.05) is 0 Å². The van der Waals surface area contributed by atoms with Crippen LogP contribution in [0, 0.1) is 11.8 Å². The van der Waals surface area contributed by atoms with Gasteiger partial charge in [0, 0.05) is 24.2 Å². The van der Waals surface area contributed by atoms with Gasteiger partial charge in [0.15, 0.2) is 0 Å². The second kappa shape index (κ2) is 7.00. The number of piperidine rings is 2. The molecule has 21 heavy (non-hydrogen) atoms. The Bertz CT molecular complexity index is 316. The summed E-state index contributed by atoms with van der Waals surface area (Å²) in [5.41, 5.74) is 0. The van der Waals surface area contributed by atoms with Gasteiger partial charge in [-0.1, -0.05) is 40.0 Å². The summed E-state index contributed by atoms with van der Waals surface area (Å²) in [7, 11) is 0. The molecule has 2 bridgehead atoms. The summed E-state index contributed by atoms with van der Waals surface area (Å²) in [4.78, 5) is 3.02. The minimum absolute atomic E-state index is 0.799. The smallest absolute Gasteiger partial charge is 0.0129 e. The van der Waals surface area contributed by atoms with Gasteiger partial charge in [0.1, 0.15) is 0 Å². The quantitative estimate of drug-likeness (QED) is 0.835. The van der Waals surface area contributed by atoms with Gasteiger partial charge in [-0.05, 0) is 56.9 Å². The SMILES string of the molecule is CCCNC1CC2CCCC(C1)N2C1CCCC(C)C1C. The summed E-state index contributed by atoms with van der Waals surface area (Å²) >= 11 is 0. The van der Waals surface area contributed by atoms with Crippen LogP contribution in [0.25, 0.3) is 0 Å². The van der Waals surface area contributed by atoms with Crippen LogP contribution in [0.5, 0.6) is 0 Å². The van der Waals surface area contributed by atoms with Crippen LogP contribution in [-0.2, 0) is 0 Å². The molecule has 3 aliphatic rings. The highest BCUT2D eigenvalue weighted by atomic mass is 15.2. The second-order valence-corrected chi connectivity index (χ2v) is 8.14. The number of hydrogen-bond donors (Lipinski definition) is 1. The van der Waals surface area contributed by atoms with Gasteiger partial charge in [-0.25, -0.2) is 0 Å². The molecule has 1 N–H and O–H groups in total. The summed E-state index contributed by atoms with van der Waals surface area (Å²) < 4.78 is 0. The van der Waals surface area contributed by atoms with E-state index in [2.05, 4.69) is 31.0 Å². The van der Waals surface area contributed by atoms with Gasteiger partial charge < -0.3 is 5.32 Å². The third-order valence-corrected chi connectivity index (χ3v) is 6.76. The van der Waals surface area contributed by atoms with Crippen molar-refractivity contribution in [2.75, 3.05) is 6.54 Å². The molecule has 0 aromatic carbocycles. The number of hydrogen-bond acceptors (Lipinski definition) is 2. The van der Waals surface area contributed by atoms with Crippen LogP contribution in [0.2, 0.25) is 0 Å². The van der Waals surface area contributed by atoms with Gasteiger partial charge in [0.25, 0.3) is 0 Å². The highest BCUT2D eigenvalue weighted by Gasteiger charge is 2.44. The molecule has 3 rings (SSSR count). The standard InChI is InChI=1S/C19H36N2/c1-4-11-20-16-12-17-8-6-9-18(13-16)21(17)19-10-5-7-14(2)15(19)3/h14-20H,4-13H2,1-3H3. The van der Waals surface area contributed by atoms with Crippen LogP contribution >= 0.6 is 0 Å². The minimum Gasteiger partial charge on any atom is -0.314 e. The lowest BCUT2D eigenvalue weighted by molar-refractivity contribution is -0.0486. The highest BCUT2D eigenvalue weighted by Crippen LogP contribution is 2.42. The highest BCUT2D eigenvalue weighted by molar-refractivity contribution is 5.00. The Morgan fingerprint density at radius 2 is 1.62 bits per heavy atom. The maximum absolute atomic E-state index is 3.82. The molecular weight excluding hydrogens is 256 g/mol. The van der Waals surface area contributed by atoms with Crippen molar-refractivity contribution in [2.45, 2.75) is 103 Å². The van der Waals surface area contributed by atoms with Crippen LogP contribution in [0.15, 0.2) is 0 Å². The van der Waals surface area contributed by atoms with E-state index in [4.69, 9.17) is 0 Å². The second-order valence-electron chi connectivity index (χ2n) is 8.14. The first kappa shape index (κ1) is 15.8. The van der Waals surface area contributed by atoms with Crippen molar-refractivity contribution in [2.24, 2.45) is 11.8 Å². The Morgan fingerprint density at radius 3 is 2.29 bits per heavy atom. The fourth-order valence-corrected chi connectivity index (χ4v) is 5.45. The summed E-state index contributed by atoms with van der Waals surface area (Å²) in [6.07, 6.45) is 12.9. The molecule has 0 radical (unpaired) electrons. The fourth-order valence-electron chi connectivity index (χ4n) is 5.45. The lowest BCUT2D eigenvalue weighted by Gasteiger charge is -2.55. The summed E-state index contributed by atoms with van der Waals surface area (Å²) in [6, 6.07) is 3.44. The normalized spacial score (nSPS) is 44.7. The molecule has 2 heteroatoms. The van der Waals surface area contributed by atoms with Crippen molar-refractivity contribution in [3.63, 3.8) is 0 Å². The molecular formula is C19H36N2. The Kier molecular flexibility index (Phi) is 5.27. The average Bonchev–Trinajstić information content (AvgIpc) is 2.47. The molecule has 2 nitrogen and oxygen atoms in total. The fraction of sp³-hybridized carbons (Fsp3) is 1.00. The molecule has 0 spiro atoms. The van der Waals surface area contributed by atoms with E-state index in [1.54, 1.807) is 0 Å². The zero-order valence-corrected chi connectivity index (χ0v) is 14.5. The molecule has 3 fully saturated rings. The Hall–Kier alpha value is -0.0800. The van der Waals surface area contributed by atoms with Crippen molar-refractivity contribution in [3.8, 4) is 0 Å². The van der Waals surface area contributed by atoms with Crippen molar-refractivity contribution >= 4 is 0 Å². The van der Waals surface area contributed by atoms with Crippen LogP contribution in [0.4, 0.5) is 0 Å².